The molecule has 5 aliphatic heterocycles. The van der Waals surface area contributed by atoms with Gasteiger partial charge < -0.3 is 45.9 Å². The molecule has 0 amide bonds. The number of rotatable bonds is 12. The van der Waals surface area contributed by atoms with Crippen LogP contribution in [0, 0.1) is 41.4 Å². The normalized spacial score (nSPS) is 28.7. The van der Waals surface area contributed by atoms with Crippen LogP contribution in [0.25, 0.3) is 10.8 Å². The minimum Gasteiger partial charge on any atom is -0.748 e. The van der Waals surface area contributed by atoms with Crippen LogP contribution in [0.5, 0.6) is 11.5 Å². The number of hydrogen-bond acceptors (Lipinski definition) is 10. The van der Waals surface area contributed by atoms with Gasteiger partial charge in [-0.1, -0.05) is 158 Å². The van der Waals surface area contributed by atoms with Crippen LogP contribution < -0.4 is 45.8 Å². The molecule has 456 valence electrons. The average Bonchev–Trinajstić information content (AvgIpc) is 3.10. The molecule has 1 saturated carbocycles. The van der Waals surface area contributed by atoms with Gasteiger partial charge in [-0.25, -0.2) is 13.4 Å². The molecule has 1 saturated heterocycles. The minimum absolute atomic E-state index is 0. The van der Waals surface area contributed by atoms with E-state index >= 15 is 0 Å². The Hall–Kier alpha value is -6.28. The van der Waals surface area contributed by atoms with Crippen molar-refractivity contribution in [3.8, 4) is 23.3 Å². The van der Waals surface area contributed by atoms with E-state index in [0.29, 0.717) is 74.7 Å². The molecule has 2 fully saturated rings. The smallest absolute Gasteiger partial charge is 0.748 e. The fourth-order valence-electron chi connectivity index (χ4n) is 16.6. The molecule has 10 bridgehead atoms. The van der Waals surface area contributed by atoms with Crippen molar-refractivity contribution in [2.45, 2.75) is 149 Å². The number of fused-ring (bicyclic) bond motifs is 10. The number of allylic oxidation sites excluding steroid dienone is 1. The number of aliphatic hydroxyl groups is 3. The second-order valence-corrected chi connectivity index (χ2v) is 28.1. The van der Waals surface area contributed by atoms with Crippen LogP contribution in [0.2, 0.25) is 0 Å². The van der Waals surface area contributed by atoms with E-state index in [2.05, 4.69) is 67.3 Å². The van der Waals surface area contributed by atoms with E-state index in [1.165, 1.54) is 0 Å². The average molecular weight is 1220 g/mol. The first-order valence-corrected chi connectivity index (χ1v) is 33.2. The summed E-state index contributed by atoms with van der Waals surface area (Å²) < 4.78 is 57.9. The van der Waals surface area contributed by atoms with Gasteiger partial charge in [-0.15, -0.1) is 0 Å². The number of aryl methyl sites for hydroxylation is 1. The predicted molar refractivity (Wildman–Crippen MR) is 342 cm³/mol. The third-order valence-corrected chi connectivity index (χ3v) is 22.2. The monoisotopic (exact) mass is 1220 g/mol. The van der Waals surface area contributed by atoms with Crippen molar-refractivity contribution in [1.29, 1.82) is 0 Å². The van der Waals surface area contributed by atoms with Gasteiger partial charge in [-0.05, 0) is 198 Å². The first-order chi connectivity index (χ1) is 42.5. The molecule has 14 heteroatoms. The van der Waals surface area contributed by atoms with Gasteiger partial charge in [0.25, 0.3) is 0 Å². The summed E-state index contributed by atoms with van der Waals surface area (Å²) in [4.78, 5) is 5.18. The third kappa shape index (κ3) is 13.2. The van der Waals surface area contributed by atoms with Gasteiger partial charge >= 0.3 is 29.6 Å². The number of guanidine groups is 1. The van der Waals surface area contributed by atoms with Crippen LogP contribution in [0.1, 0.15) is 163 Å². The van der Waals surface area contributed by atoms with Crippen LogP contribution in [-0.2, 0) is 39.8 Å². The van der Waals surface area contributed by atoms with Crippen molar-refractivity contribution in [2.75, 3.05) is 6.61 Å². The molecule has 0 radical (unpaired) electrons. The van der Waals surface area contributed by atoms with E-state index in [0.717, 1.165) is 80.1 Å². The van der Waals surface area contributed by atoms with E-state index < -0.39 is 56.7 Å². The van der Waals surface area contributed by atoms with Gasteiger partial charge in [-0.2, -0.15) is 0 Å². The van der Waals surface area contributed by atoms with Gasteiger partial charge in [0.05, 0.1) is 33.2 Å². The molecule has 7 aromatic rings. The number of phenolic OH excluding ortho intramolecular Hbond substituents is 1. The molecule has 12 nitrogen and oxygen atoms in total. The van der Waals surface area contributed by atoms with Crippen LogP contribution in [-0.4, -0.2) is 62.9 Å². The second-order valence-electron chi connectivity index (χ2n) is 26.6. The van der Waals surface area contributed by atoms with Crippen molar-refractivity contribution in [2.24, 2.45) is 46.0 Å². The molecule has 5 heterocycles. The molecule has 7 aromatic carbocycles. The summed E-state index contributed by atoms with van der Waals surface area (Å²) in [7, 11) is -4.97. The molecular formula is C75H80N3NaO9S. The summed E-state index contributed by atoms with van der Waals surface area (Å²) >= 11 is 0. The van der Waals surface area contributed by atoms with E-state index in [4.69, 9.17) is 25.9 Å². The van der Waals surface area contributed by atoms with Gasteiger partial charge in [-0.3, -0.25) is 0 Å². The molecule has 14 unspecified atom stereocenters. The molecule has 8 aliphatic rings. The molecule has 3 aliphatic carbocycles. The SMILES string of the molecule is CC1CCc2cc3ccc2C1CC(S(=O)(=O)[O-])C1C=C2CC(CC4CC(CO)CC#Cc5cc(O)ccc5C2O4)C1c1ccc(cc1)C(CC(Cc1ccccc1)C1(O)CCCC(c2ccc(C(O)Cc4cccc5ccccc45)cc2)C1)(N=C(N)N)O3.[Na+]. The number of aromatic hydroxyl groups is 1. The fourth-order valence-corrected chi connectivity index (χ4v) is 17.7. The summed E-state index contributed by atoms with van der Waals surface area (Å²) in [5.41, 5.74) is 20.2. The predicted octanol–water partition coefficient (Wildman–Crippen LogP) is 9.58. The molecule has 8 N–H and O–H groups in total. The van der Waals surface area contributed by atoms with E-state index in [1.807, 2.05) is 103 Å². The van der Waals surface area contributed by atoms with Gasteiger partial charge in [0.2, 0.25) is 5.72 Å². The van der Waals surface area contributed by atoms with E-state index in [9.17, 15) is 33.4 Å². The molecular weight excluding hydrogens is 1140 g/mol. The van der Waals surface area contributed by atoms with Crippen molar-refractivity contribution in [3.63, 3.8) is 0 Å². The Morgan fingerprint density at radius 1 is 0.843 bits per heavy atom. The molecule has 0 aromatic heterocycles. The van der Waals surface area contributed by atoms with Gasteiger partial charge in [0, 0.05) is 42.6 Å². The molecule has 14 atom stereocenters. The topological polar surface area (TPSA) is 221 Å². The maximum Gasteiger partial charge on any atom is 1.00 e. The first-order valence-electron chi connectivity index (χ1n) is 31.8. The number of aliphatic hydroxyl groups excluding tert-OH is 2. The first kappa shape index (κ1) is 62.9. The fraction of sp³-hybridized carbons (Fsp3) is 0.400. The maximum atomic E-state index is 14.4. The number of phenols is 1. The maximum absolute atomic E-state index is 14.4. The third-order valence-electron chi connectivity index (χ3n) is 21.0. The largest absolute Gasteiger partial charge is 1.00 e. The Labute approximate surface area is 545 Å². The summed E-state index contributed by atoms with van der Waals surface area (Å²) in [6.45, 7) is 2.06. The number of nitrogens with two attached hydrogens (primary N) is 2. The minimum atomic E-state index is -4.97. The van der Waals surface area contributed by atoms with Crippen molar-refractivity contribution in [3.05, 3.63) is 225 Å². The van der Waals surface area contributed by atoms with Crippen LogP contribution in [0.4, 0.5) is 0 Å². The number of benzene rings is 7. The Bertz CT molecular complexity index is 3930. The zero-order valence-corrected chi connectivity index (χ0v) is 53.8. The number of nitrogens with zero attached hydrogens (tertiary/aromatic N) is 1. The second kappa shape index (κ2) is 26.1. The number of aliphatic imine (C=N–C) groups is 1. The number of ether oxygens (including phenoxy) is 2. The van der Waals surface area contributed by atoms with Crippen molar-refractivity contribution >= 4 is 26.9 Å². The van der Waals surface area contributed by atoms with E-state index in [-0.39, 0.29) is 96.4 Å². The Morgan fingerprint density at radius 3 is 2.37 bits per heavy atom. The summed E-state index contributed by atoms with van der Waals surface area (Å²) in [6.07, 6.45) is 7.74. The van der Waals surface area contributed by atoms with Gasteiger partial charge in [0.15, 0.2) is 5.96 Å². The summed E-state index contributed by atoms with van der Waals surface area (Å²) in [5.74, 6) is 4.64. The zero-order chi connectivity index (χ0) is 60.9. The Kier molecular flexibility index (Phi) is 18.5. The van der Waals surface area contributed by atoms with Crippen LogP contribution >= 0.6 is 0 Å². The Balaban J connectivity index is 0.00000769. The van der Waals surface area contributed by atoms with Gasteiger partial charge in [0.1, 0.15) is 17.6 Å². The molecule has 15 rings (SSSR count). The number of hydrogen-bond donors (Lipinski definition) is 6. The Morgan fingerprint density at radius 2 is 1.60 bits per heavy atom. The quantitative estimate of drug-likeness (QED) is 0.0169. The molecule has 89 heavy (non-hydrogen) atoms. The van der Waals surface area contributed by atoms with E-state index in [1.54, 1.807) is 12.1 Å². The van der Waals surface area contributed by atoms with Crippen LogP contribution in [0.15, 0.2) is 174 Å². The summed E-state index contributed by atoms with van der Waals surface area (Å²) in [6, 6.07) is 52.1. The van der Waals surface area contributed by atoms with Crippen LogP contribution in [0.3, 0.4) is 0 Å². The standard InChI is InChI=1S/C75H81N3O9S.Na/c1-46-19-20-55-38-62-30-32-65(55)67(46)42-70(88(83,84)85)68-40-58-36-57(39-63-35-48(45-79)12-7-15-53-37-61(80)29-31-66(53)72(58)86-63)71(68)52-25-27-59(28-26-52)75(87-62,78-73(76)77)44-60(34-47-10-3-2-4-11-47)74(82)33-9-17-56(43-74)49-21-23-51(24-22-49)69(81)41-54-16-8-14-50-13-5-6-18-64(50)54;/h2-6,8,10-11,13-14,16,18,21-32,37-38,40,46,48,56-57,60,63,67-72,79-82H,9,12,17,19-20,33-36,39,41-45H2,1H3,(H4,76,77,78)(H,83,84,85);/q;+1/p-1. The summed E-state index contributed by atoms with van der Waals surface area (Å²) in [5, 5.41) is 47.8. The van der Waals surface area contributed by atoms with Crippen molar-refractivity contribution in [1.82, 2.24) is 0 Å². The zero-order valence-electron chi connectivity index (χ0n) is 51.0. The molecule has 0 spiro atoms. The van der Waals surface area contributed by atoms with Crippen molar-refractivity contribution < 1.29 is 72.4 Å².